The fourth-order valence-corrected chi connectivity index (χ4v) is 3.60. The Labute approximate surface area is 165 Å². The van der Waals surface area contributed by atoms with Gasteiger partial charge in [-0.25, -0.2) is 4.98 Å². The molecular formula is C21H19F3N2OS. The molecule has 3 nitrogen and oxygen atoms in total. The fraction of sp³-hybridized carbons (Fsp3) is 0.238. The molecule has 146 valence electrons. The second-order valence-electron chi connectivity index (χ2n) is 6.49. The zero-order valence-electron chi connectivity index (χ0n) is 15.4. The van der Waals surface area contributed by atoms with Crippen LogP contribution in [0.3, 0.4) is 0 Å². The molecule has 2 aromatic carbocycles. The molecule has 28 heavy (non-hydrogen) atoms. The molecule has 0 aliphatic carbocycles. The van der Waals surface area contributed by atoms with Gasteiger partial charge in [0.05, 0.1) is 23.7 Å². The van der Waals surface area contributed by atoms with Crippen molar-refractivity contribution in [3.63, 3.8) is 0 Å². The minimum absolute atomic E-state index is 0.0679. The van der Waals surface area contributed by atoms with E-state index in [1.165, 1.54) is 23.5 Å². The Morgan fingerprint density at radius 2 is 1.75 bits per heavy atom. The highest BCUT2D eigenvalue weighted by Gasteiger charge is 2.30. The first-order chi connectivity index (χ1) is 13.3. The Bertz CT molecular complexity index is 936. The van der Waals surface area contributed by atoms with E-state index in [9.17, 15) is 18.0 Å². The van der Waals surface area contributed by atoms with Crippen molar-refractivity contribution in [1.29, 1.82) is 0 Å². The van der Waals surface area contributed by atoms with Gasteiger partial charge in [-0.05, 0) is 24.6 Å². The third kappa shape index (κ3) is 4.59. The molecule has 0 N–H and O–H groups in total. The maximum absolute atomic E-state index is 12.7. The SMILES string of the molecule is CC(c1ccccc1)N(C)C(=O)Cc1csc(-c2ccc(C(F)(F)F)cc2)n1. The van der Waals surface area contributed by atoms with Crippen LogP contribution in [0.25, 0.3) is 10.6 Å². The van der Waals surface area contributed by atoms with Gasteiger partial charge in [0.15, 0.2) is 0 Å². The number of likely N-dealkylation sites (N-methyl/N-ethyl adjacent to an activating group) is 1. The highest BCUT2D eigenvalue weighted by atomic mass is 32.1. The summed E-state index contributed by atoms with van der Waals surface area (Å²) in [5.41, 5.74) is 1.56. The quantitative estimate of drug-likeness (QED) is 0.555. The first-order valence-electron chi connectivity index (χ1n) is 8.68. The molecule has 7 heteroatoms. The van der Waals surface area contributed by atoms with Gasteiger partial charge >= 0.3 is 6.18 Å². The molecular weight excluding hydrogens is 385 g/mol. The lowest BCUT2D eigenvalue weighted by atomic mass is 10.1. The zero-order valence-corrected chi connectivity index (χ0v) is 16.2. The first kappa shape index (κ1) is 20.1. The number of hydrogen-bond donors (Lipinski definition) is 0. The maximum atomic E-state index is 12.7. The highest BCUT2D eigenvalue weighted by molar-refractivity contribution is 7.13. The summed E-state index contributed by atoms with van der Waals surface area (Å²) in [5.74, 6) is -0.0689. The second kappa shape index (κ2) is 8.14. The number of carbonyl (C=O) groups is 1. The van der Waals surface area contributed by atoms with Crippen LogP contribution in [0.15, 0.2) is 60.0 Å². The monoisotopic (exact) mass is 404 g/mol. The van der Waals surface area contributed by atoms with E-state index in [1.54, 1.807) is 17.3 Å². The molecule has 0 aliphatic rings. The minimum Gasteiger partial charge on any atom is -0.339 e. The summed E-state index contributed by atoms with van der Waals surface area (Å²) < 4.78 is 38.0. The summed E-state index contributed by atoms with van der Waals surface area (Å²) in [6, 6.07) is 14.5. The van der Waals surface area contributed by atoms with Crippen LogP contribution in [0.2, 0.25) is 0 Å². The van der Waals surface area contributed by atoms with Crippen LogP contribution in [-0.4, -0.2) is 22.8 Å². The van der Waals surface area contributed by atoms with Crippen LogP contribution in [0.1, 0.15) is 29.8 Å². The maximum Gasteiger partial charge on any atom is 0.416 e. The normalized spacial score (nSPS) is 12.6. The van der Waals surface area contributed by atoms with Gasteiger partial charge in [0.25, 0.3) is 0 Å². The predicted molar refractivity (Wildman–Crippen MR) is 104 cm³/mol. The number of alkyl halides is 3. The van der Waals surface area contributed by atoms with Crippen LogP contribution < -0.4 is 0 Å². The fourth-order valence-electron chi connectivity index (χ4n) is 2.77. The van der Waals surface area contributed by atoms with Gasteiger partial charge in [-0.2, -0.15) is 13.2 Å². The summed E-state index contributed by atoms with van der Waals surface area (Å²) in [6.07, 6.45) is -4.22. The van der Waals surface area contributed by atoms with E-state index in [0.717, 1.165) is 17.7 Å². The van der Waals surface area contributed by atoms with Crippen molar-refractivity contribution in [2.45, 2.75) is 25.6 Å². The Kier molecular flexibility index (Phi) is 5.84. The van der Waals surface area contributed by atoms with Crippen LogP contribution in [-0.2, 0) is 17.4 Å². The Morgan fingerprint density at radius 1 is 1.11 bits per heavy atom. The van der Waals surface area contributed by atoms with Gasteiger partial charge < -0.3 is 4.90 Å². The van der Waals surface area contributed by atoms with E-state index in [-0.39, 0.29) is 18.4 Å². The van der Waals surface area contributed by atoms with Crippen molar-refractivity contribution in [1.82, 2.24) is 9.88 Å². The lowest BCUT2D eigenvalue weighted by Crippen LogP contribution is -2.31. The number of amides is 1. The Hall–Kier alpha value is -2.67. The smallest absolute Gasteiger partial charge is 0.339 e. The molecule has 0 saturated heterocycles. The molecule has 0 radical (unpaired) electrons. The van der Waals surface area contributed by atoms with E-state index in [4.69, 9.17) is 0 Å². The van der Waals surface area contributed by atoms with Crippen LogP contribution in [0.5, 0.6) is 0 Å². The topological polar surface area (TPSA) is 33.2 Å². The highest BCUT2D eigenvalue weighted by Crippen LogP contribution is 2.32. The molecule has 0 aliphatic heterocycles. The molecule has 0 bridgehead atoms. The predicted octanol–water partition coefficient (Wildman–Crippen LogP) is 5.59. The number of thiazole rings is 1. The number of hydrogen-bond acceptors (Lipinski definition) is 3. The summed E-state index contributed by atoms with van der Waals surface area (Å²) in [5, 5.41) is 2.36. The minimum atomic E-state index is -4.36. The standard InChI is InChI=1S/C21H19F3N2OS/c1-14(15-6-4-3-5-7-15)26(2)19(27)12-18-13-28-20(25-18)16-8-10-17(11-9-16)21(22,23)24/h3-11,13-14H,12H2,1-2H3. The van der Waals surface area contributed by atoms with Crippen molar-refractivity contribution < 1.29 is 18.0 Å². The number of nitrogens with zero attached hydrogens (tertiary/aromatic N) is 2. The first-order valence-corrected chi connectivity index (χ1v) is 9.56. The molecule has 1 heterocycles. The number of aromatic nitrogens is 1. The van der Waals surface area contributed by atoms with Crippen molar-refractivity contribution in [2.24, 2.45) is 0 Å². The van der Waals surface area contributed by atoms with Crippen molar-refractivity contribution in [3.05, 3.63) is 76.8 Å². The van der Waals surface area contributed by atoms with E-state index in [2.05, 4.69) is 4.98 Å². The third-order valence-corrected chi connectivity index (χ3v) is 5.54. The molecule has 1 atom stereocenters. The third-order valence-electron chi connectivity index (χ3n) is 4.60. The zero-order chi connectivity index (χ0) is 20.3. The molecule has 3 aromatic rings. The van der Waals surface area contributed by atoms with Gasteiger partial charge in [-0.1, -0.05) is 42.5 Å². The van der Waals surface area contributed by atoms with Crippen LogP contribution >= 0.6 is 11.3 Å². The summed E-state index contributed by atoms with van der Waals surface area (Å²) in [7, 11) is 1.75. The van der Waals surface area contributed by atoms with Crippen LogP contribution in [0, 0.1) is 0 Å². The molecule has 0 spiro atoms. The Balaban J connectivity index is 1.68. The molecule has 1 aromatic heterocycles. The lowest BCUT2D eigenvalue weighted by molar-refractivity contribution is -0.137. The van der Waals surface area contributed by atoms with E-state index in [1.807, 2.05) is 37.3 Å². The summed E-state index contributed by atoms with van der Waals surface area (Å²) in [6.45, 7) is 1.96. The molecule has 0 fully saturated rings. The molecule has 3 rings (SSSR count). The molecule has 0 saturated carbocycles. The van der Waals surface area contributed by atoms with Gasteiger partial charge in [0, 0.05) is 18.0 Å². The van der Waals surface area contributed by atoms with Crippen molar-refractivity contribution in [3.8, 4) is 10.6 Å². The number of benzene rings is 2. The summed E-state index contributed by atoms with van der Waals surface area (Å²) in [4.78, 5) is 18.7. The van der Waals surface area contributed by atoms with Crippen molar-refractivity contribution in [2.75, 3.05) is 7.05 Å². The number of rotatable bonds is 5. The van der Waals surface area contributed by atoms with E-state index in [0.29, 0.717) is 16.3 Å². The largest absolute Gasteiger partial charge is 0.416 e. The van der Waals surface area contributed by atoms with Crippen LogP contribution in [0.4, 0.5) is 13.2 Å². The number of halogens is 3. The second-order valence-corrected chi connectivity index (χ2v) is 7.35. The van der Waals surface area contributed by atoms with E-state index < -0.39 is 11.7 Å². The molecule has 1 unspecified atom stereocenters. The van der Waals surface area contributed by atoms with Gasteiger partial charge in [-0.3, -0.25) is 4.79 Å². The lowest BCUT2D eigenvalue weighted by Gasteiger charge is -2.25. The average molecular weight is 404 g/mol. The van der Waals surface area contributed by atoms with Crippen molar-refractivity contribution >= 4 is 17.2 Å². The van der Waals surface area contributed by atoms with Gasteiger partial charge in [-0.15, -0.1) is 11.3 Å². The Morgan fingerprint density at radius 3 is 2.36 bits per heavy atom. The molecule has 1 amide bonds. The van der Waals surface area contributed by atoms with Gasteiger partial charge in [0.1, 0.15) is 5.01 Å². The van der Waals surface area contributed by atoms with Gasteiger partial charge in [0.2, 0.25) is 5.91 Å². The number of carbonyl (C=O) groups excluding carboxylic acids is 1. The summed E-state index contributed by atoms with van der Waals surface area (Å²) >= 11 is 1.31. The average Bonchev–Trinajstić information content (AvgIpc) is 3.15. The van der Waals surface area contributed by atoms with E-state index >= 15 is 0 Å².